The summed E-state index contributed by atoms with van der Waals surface area (Å²) in [5.41, 5.74) is 6.50. The van der Waals surface area contributed by atoms with Gasteiger partial charge in [-0.1, -0.05) is 79.7 Å². The Morgan fingerprint density at radius 3 is 1.16 bits per heavy atom. The average Bonchev–Trinajstić information content (AvgIpc) is 2.79. The van der Waals surface area contributed by atoms with E-state index in [-0.39, 0.29) is 0 Å². The SMILES string of the molecule is CCC(C)c1cc(Cc2cc(C(C)CC)cc(C(C)CC)c2O)c(O)c(C(C)CC)c1. The van der Waals surface area contributed by atoms with Crippen LogP contribution in [0.25, 0.3) is 0 Å². The zero-order valence-corrected chi connectivity index (χ0v) is 21.0. The lowest BCUT2D eigenvalue weighted by molar-refractivity contribution is 0.448. The summed E-state index contributed by atoms with van der Waals surface area (Å²) >= 11 is 0. The molecule has 0 aliphatic carbocycles. The topological polar surface area (TPSA) is 40.5 Å². The van der Waals surface area contributed by atoms with Gasteiger partial charge in [0.25, 0.3) is 0 Å². The molecule has 0 bridgehead atoms. The molecule has 31 heavy (non-hydrogen) atoms. The fraction of sp³-hybridized carbons (Fsp3) is 0.586. The molecule has 0 saturated carbocycles. The maximum absolute atomic E-state index is 11.2. The first-order valence-electron chi connectivity index (χ1n) is 12.4. The van der Waals surface area contributed by atoms with Crippen molar-refractivity contribution in [1.82, 2.24) is 0 Å². The van der Waals surface area contributed by atoms with E-state index in [1.54, 1.807) is 0 Å². The van der Waals surface area contributed by atoms with Crippen LogP contribution in [-0.4, -0.2) is 10.2 Å². The van der Waals surface area contributed by atoms with Gasteiger partial charge in [-0.2, -0.15) is 0 Å². The zero-order chi connectivity index (χ0) is 23.3. The largest absolute Gasteiger partial charge is 0.507 e. The van der Waals surface area contributed by atoms with Gasteiger partial charge in [-0.3, -0.25) is 0 Å². The van der Waals surface area contributed by atoms with E-state index in [1.807, 2.05) is 0 Å². The van der Waals surface area contributed by atoms with Crippen molar-refractivity contribution in [1.29, 1.82) is 0 Å². The molecule has 4 atom stereocenters. The van der Waals surface area contributed by atoms with Gasteiger partial charge in [0.05, 0.1) is 0 Å². The minimum atomic E-state index is 0.304. The second-order valence-corrected chi connectivity index (χ2v) is 9.65. The molecule has 0 aromatic heterocycles. The van der Waals surface area contributed by atoms with E-state index in [0.717, 1.165) is 47.9 Å². The maximum atomic E-state index is 11.2. The summed E-state index contributed by atoms with van der Waals surface area (Å²) in [6.07, 6.45) is 4.67. The van der Waals surface area contributed by atoms with E-state index >= 15 is 0 Å². The highest BCUT2D eigenvalue weighted by atomic mass is 16.3. The Balaban J connectivity index is 2.65. The van der Waals surface area contributed by atoms with Crippen LogP contribution in [-0.2, 0) is 6.42 Å². The lowest BCUT2D eigenvalue weighted by Crippen LogP contribution is -2.04. The number of hydrogen-bond donors (Lipinski definition) is 2. The molecular formula is C29H44O2. The first kappa shape index (κ1) is 25.3. The highest BCUT2D eigenvalue weighted by molar-refractivity contribution is 5.53. The molecule has 0 radical (unpaired) electrons. The van der Waals surface area contributed by atoms with E-state index in [2.05, 4.69) is 79.7 Å². The van der Waals surface area contributed by atoms with Crippen molar-refractivity contribution < 1.29 is 10.2 Å². The van der Waals surface area contributed by atoms with Crippen molar-refractivity contribution in [3.63, 3.8) is 0 Å². The van der Waals surface area contributed by atoms with Crippen LogP contribution in [0.2, 0.25) is 0 Å². The van der Waals surface area contributed by atoms with Gasteiger partial charge < -0.3 is 10.2 Å². The van der Waals surface area contributed by atoms with Gasteiger partial charge in [0, 0.05) is 6.42 Å². The second-order valence-electron chi connectivity index (χ2n) is 9.65. The summed E-state index contributed by atoms with van der Waals surface area (Å²) in [5, 5.41) is 22.4. The molecule has 2 nitrogen and oxygen atoms in total. The molecule has 0 saturated heterocycles. The van der Waals surface area contributed by atoms with Crippen molar-refractivity contribution in [2.75, 3.05) is 0 Å². The summed E-state index contributed by atoms with van der Waals surface area (Å²) in [5.74, 6) is 2.30. The Morgan fingerprint density at radius 1 is 0.548 bits per heavy atom. The molecule has 172 valence electrons. The molecule has 0 heterocycles. The molecule has 4 unspecified atom stereocenters. The number of benzene rings is 2. The van der Waals surface area contributed by atoms with Crippen LogP contribution in [0.3, 0.4) is 0 Å². The third-order valence-corrected chi connectivity index (χ3v) is 7.51. The van der Waals surface area contributed by atoms with E-state index in [0.29, 0.717) is 41.6 Å². The molecule has 2 rings (SSSR count). The third-order valence-electron chi connectivity index (χ3n) is 7.51. The van der Waals surface area contributed by atoms with Gasteiger partial charge in [0.2, 0.25) is 0 Å². The van der Waals surface area contributed by atoms with E-state index in [4.69, 9.17) is 0 Å². The Labute approximate surface area is 190 Å². The number of phenols is 2. The molecule has 2 aromatic rings. The van der Waals surface area contributed by atoms with Crippen molar-refractivity contribution >= 4 is 0 Å². The van der Waals surface area contributed by atoms with Crippen LogP contribution < -0.4 is 0 Å². The normalized spacial score (nSPS) is 15.5. The predicted octanol–water partition coefficient (Wildman–Crippen LogP) is 8.74. The van der Waals surface area contributed by atoms with Crippen LogP contribution in [0, 0.1) is 0 Å². The van der Waals surface area contributed by atoms with Gasteiger partial charge in [0.15, 0.2) is 0 Å². The summed E-state index contributed by atoms with van der Waals surface area (Å²) < 4.78 is 0. The van der Waals surface area contributed by atoms with Crippen LogP contribution in [0.4, 0.5) is 0 Å². The first-order valence-corrected chi connectivity index (χ1v) is 12.4. The quantitative estimate of drug-likeness (QED) is 0.400. The number of aromatic hydroxyl groups is 2. The van der Waals surface area contributed by atoms with Gasteiger partial charge >= 0.3 is 0 Å². The van der Waals surface area contributed by atoms with E-state index in [1.165, 1.54) is 11.1 Å². The monoisotopic (exact) mass is 424 g/mol. The van der Waals surface area contributed by atoms with Crippen molar-refractivity contribution in [2.24, 2.45) is 0 Å². The summed E-state index contributed by atoms with van der Waals surface area (Å²) in [6, 6.07) is 8.71. The molecule has 2 aromatic carbocycles. The molecule has 2 N–H and O–H groups in total. The predicted molar refractivity (Wildman–Crippen MR) is 134 cm³/mol. The van der Waals surface area contributed by atoms with Crippen molar-refractivity contribution in [3.05, 3.63) is 57.6 Å². The van der Waals surface area contributed by atoms with Crippen molar-refractivity contribution in [3.8, 4) is 11.5 Å². The standard InChI is InChI=1S/C29H44O2/c1-9-18(5)22-13-24(28(30)26(16-22)20(7)11-3)15-25-14-23(19(6)10-2)17-27(29(25)31)21(8)12-4/h13-14,16-21,30-31H,9-12,15H2,1-8H3. The maximum Gasteiger partial charge on any atom is 0.122 e. The van der Waals surface area contributed by atoms with Gasteiger partial charge in [-0.05, 0) is 82.7 Å². The summed E-state index contributed by atoms with van der Waals surface area (Å²) in [6.45, 7) is 17.6. The Kier molecular flexibility index (Phi) is 9.03. The third kappa shape index (κ3) is 5.64. The van der Waals surface area contributed by atoms with Gasteiger partial charge in [-0.15, -0.1) is 0 Å². The fourth-order valence-corrected chi connectivity index (χ4v) is 4.20. The lowest BCUT2D eigenvalue weighted by atomic mass is 9.84. The second kappa shape index (κ2) is 11.1. The molecule has 0 spiro atoms. The molecule has 0 amide bonds. The van der Waals surface area contributed by atoms with E-state index < -0.39 is 0 Å². The molecule has 0 aliphatic heterocycles. The van der Waals surface area contributed by atoms with E-state index in [9.17, 15) is 10.2 Å². The van der Waals surface area contributed by atoms with Crippen LogP contribution in [0.1, 0.15) is 138 Å². The Bertz CT molecular complexity index is 796. The molecule has 0 aliphatic rings. The highest BCUT2D eigenvalue weighted by Crippen LogP contribution is 2.40. The van der Waals surface area contributed by atoms with Crippen molar-refractivity contribution in [2.45, 2.75) is 111 Å². The lowest BCUT2D eigenvalue weighted by Gasteiger charge is -2.22. The fourth-order valence-electron chi connectivity index (χ4n) is 4.20. The smallest absolute Gasteiger partial charge is 0.122 e. The van der Waals surface area contributed by atoms with Gasteiger partial charge in [-0.25, -0.2) is 0 Å². The first-order chi connectivity index (χ1) is 14.7. The number of hydrogen-bond acceptors (Lipinski definition) is 2. The number of rotatable bonds is 10. The average molecular weight is 425 g/mol. The van der Waals surface area contributed by atoms with Gasteiger partial charge in [0.1, 0.15) is 11.5 Å². The highest BCUT2D eigenvalue weighted by Gasteiger charge is 2.21. The number of phenolic OH excluding ortho intramolecular Hbond substituents is 2. The molecule has 2 heteroatoms. The molecular weight excluding hydrogens is 380 g/mol. The zero-order valence-electron chi connectivity index (χ0n) is 21.0. The Morgan fingerprint density at radius 2 is 0.871 bits per heavy atom. The minimum absolute atomic E-state index is 0.304. The van der Waals surface area contributed by atoms with Crippen LogP contribution in [0.5, 0.6) is 11.5 Å². The summed E-state index contributed by atoms with van der Waals surface area (Å²) in [4.78, 5) is 0. The Hall–Kier alpha value is -1.96. The molecule has 0 fully saturated rings. The summed E-state index contributed by atoms with van der Waals surface area (Å²) in [7, 11) is 0. The minimum Gasteiger partial charge on any atom is -0.507 e. The van der Waals surface area contributed by atoms with Crippen LogP contribution >= 0.6 is 0 Å². The van der Waals surface area contributed by atoms with Crippen LogP contribution in [0.15, 0.2) is 24.3 Å².